The number of benzene rings is 1. The standard InChI is InChI=1S/C19H27N3O2/c1-14(2)10-12-22-16-7-4-3-6-15(16)21-18(22)9-11-20-19(23)17-8-5-13-24-17/h3-4,6-7,14,17H,5,8-13H2,1-2H3,(H,20,23). The molecular formula is C19H27N3O2. The summed E-state index contributed by atoms with van der Waals surface area (Å²) in [6, 6.07) is 8.25. The second-order valence-electron chi connectivity index (χ2n) is 6.89. The zero-order chi connectivity index (χ0) is 16.9. The van der Waals surface area contributed by atoms with Crippen LogP contribution in [0.1, 0.15) is 38.9 Å². The number of carbonyl (C=O) groups is 1. The zero-order valence-corrected chi connectivity index (χ0v) is 14.6. The SMILES string of the molecule is CC(C)CCn1c(CCNC(=O)C2CCCO2)nc2ccccc21. The first kappa shape index (κ1) is 17.0. The highest BCUT2D eigenvalue weighted by Gasteiger charge is 2.23. The van der Waals surface area contributed by atoms with Gasteiger partial charge in [0.15, 0.2) is 0 Å². The third-order valence-corrected chi connectivity index (χ3v) is 4.53. The number of rotatable bonds is 7. The van der Waals surface area contributed by atoms with E-state index in [0.717, 1.165) is 43.6 Å². The highest BCUT2D eigenvalue weighted by Crippen LogP contribution is 2.18. The third kappa shape index (κ3) is 3.96. The van der Waals surface area contributed by atoms with E-state index in [0.29, 0.717) is 19.1 Å². The summed E-state index contributed by atoms with van der Waals surface area (Å²) in [5.74, 6) is 1.71. The molecule has 24 heavy (non-hydrogen) atoms. The van der Waals surface area contributed by atoms with Crippen LogP contribution in [-0.4, -0.2) is 34.7 Å². The van der Waals surface area contributed by atoms with E-state index in [9.17, 15) is 4.79 Å². The molecule has 1 saturated heterocycles. The van der Waals surface area contributed by atoms with Gasteiger partial charge in [0, 0.05) is 26.1 Å². The summed E-state index contributed by atoms with van der Waals surface area (Å²) < 4.78 is 7.72. The summed E-state index contributed by atoms with van der Waals surface area (Å²) >= 11 is 0. The number of hydrogen-bond acceptors (Lipinski definition) is 3. The van der Waals surface area contributed by atoms with Crippen LogP contribution < -0.4 is 5.32 Å². The molecule has 1 amide bonds. The molecule has 3 rings (SSSR count). The molecule has 2 aromatic rings. The average Bonchev–Trinajstić information content (AvgIpc) is 3.20. The highest BCUT2D eigenvalue weighted by molar-refractivity contribution is 5.81. The van der Waals surface area contributed by atoms with E-state index < -0.39 is 0 Å². The first-order chi connectivity index (χ1) is 11.6. The van der Waals surface area contributed by atoms with Gasteiger partial charge in [-0.05, 0) is 37.3 Å². The van der Waals surface area contributed by atoms with Crippen molar-refractivity contribution in [1.29, 1.82) is 0 Å². The summed E-state index contributed by atoms with van der Waals surface area (Å²) in [5, 5.41) is 2.99. The Labute approximate surface area is 143 Å². The minimum absolute atomic E-state index is 0.0114. The van der Waals surface area contributed by atoms with Gasteiger partial charge >= 0.3 is 0 Å². The summed E-state index contributed by atoms with van der Waals surface area (Å²) in [4.78, 5) is 16.8. The number of hydrogen-bond donors (Lipinski definition) is 1. The summed E-state index contributed by atoms with van der Waals surface area (Å²) in [5.41, 5.74) is 2.21. The minimum atomic E-state index is -0.259. The van der Waals surface area contributed by atoms with E-state index in [2.05, 4.69) is 41.9 Å². The molecule has 2 heterocycles. The Morgan fingerprint density at radius 3 is 3.00 bits per heavy atom. The molecule has 1 fully saturated rings. The predicted octanol–water partition coefficient (Wildman–Crippen LogP) is 2.92. The van der Waals surface area contributed by atoms with E-state index in [1.54, 1.807) is 0 Å². The van der Waals surface area contributed by atoms with Crippen LogP contribution in [0.25, 0.3) is 11.0 Å². The number of nitrogens with one attached hydrogen (secondary N) is 1. The van der Waals surface area contributed by atoms with Crippen LogP contribution in [0.15, 0.2) is 24.3 Å². The molecule has 1 unspecified atom stereocenters. The number of fused-ring (bicyclic) bond motifs is 1. The highest BCUT2D eigenvalue weighted by atomic mass is 16.5. The van der Waals surface area contributed by atoms with Crippen molar-refractivity contribution < 1.29 is 9.53 Å². The topological polar surface area (TPSA) is 56.2 Å². The van der Waals surface area contributed by atoms with Gasteiger partial charge in [-0.15, -0.1) is 0 Å². The monoisotopic (exact) mass is 329 g/mol. The fourth-order valence-corrected chi connectivity index (χ4v) is 3.15. The molecule has 1 aliphatic rings. The molecule has 0 saturated carbocycles. The number of para-hydroxylation sites is 2. The lowest BCUT2D eigenvalue weighted by atomic mass is 10.1. The molecule has 1 atom stereocenters. The van der Waals surface area contributed by atoms with Gasteiger partial charge in [-0.25, -0.2) is 4.98 Å². The smallest absolute Gasteiger partial charge is 0.249 e. The van der Waals surface area contributed by atoms with E-state index in [1.807, 2.05) is 6.07 Å². The normalized spacial score (nSPS) is 17.7. The average molecular weight is 329 g/mol. The lowest BCUT2D eigenvalue weighted by Crippen LogP contribution is -2.35. The van der Waals surface area contributed by atoms with Crippen LogP contribution in [0.2, 0.25) is 0 Å². The second-order valence-corrected chi connectivity index (χ2v) is 6.89. The van der Waals surface area contributed by atoms with Crippen LogP contribution in [0, 0.1) is 5.92 Å². The summed E-state index contributed by atoms with van der Waals surface area (Å²) in [6.45, 7) is 6.74. The van der Waals surface area contributed by atoms with Crippen molar-refractivity contribution in [1.82, 2.24) is 14.9 Å². The number of ether oxygens (including phenoxy) is 1. The van der Waals surface area contributed by atoms with Gasteiger partial charge < -0.3 is 14.6 Å². The number of aromatic nitrogens is 2. The fraction of sp³-hybridized carbons (Fsp3) is 0.579. The molecule has 0 radical (unpaired) electrons. The first-order valence-electron chi connectivity index (χ1n) is 8.98. The van der Waals surface area contributed by atoms with Crippen LogP contribution in [0.5, 0.6) is 0 Å². The molecule has 130 valence electrons. The van der Waals surface area contributed by atoms with Crippen molar-refractivity contribution in [3.05, 3.63) is 30.1 Å². The maximum absolute atomic E-state index is 12.0. The van der Waals surface area contributed by atoms with Gasteiger partial charge in [-0.2, -0.15) is 0 Å². The zero-order valence-electron chi connectivity index (χ0n) is 14.6. The number of amides is 1. The van der Waals surface area contributed by atoms with E-state index in [-0.39, 0.29) is 12.0 Å². The molecule has 5 heteroatoms. The van der Waals surface area contributed by atoms with Crippen LogP contribution >= 0.6 is 0 Å². The Bertz CT molecular complexity index is 687. The van der Waals surface area contributed by atoms with Gasteiger partial charge in [0.1, 0.15) is 11.9 Å². The lowest BCUT2D eigenvalue weighted by molar-refractivity contribution is -0.130. The lowest BCUT2D eigenvalue weighted by Gasteiger charge is -2.13. The maximum atomic E-state index is 12.0. The van der Waals surface area contributed by atoms with Gasteiger partial charge in [-0.3, -0.25) is 4.79 Å². The van der Waals surface area contributed by atoms with Crippen molar-refractivity contribution in [2.45, 2.75) is 52.2 Å². The molecule has 1 aromatic carbocycles. The number of aryl methyl sites for hydroxylation is 1. The Kier molecular flexibility index (Phi) is 5.51. The summed E-state index contributed by atoms with van der Waals surface area (Å²) in [7, 11) is 0. The van der Waals surface area contributed by atoms with Gasteiger partial charge in [0.25, 0.3) is 0 Å². The Morgan fingerprint density at radius 2 is 2.25 bits per heavy atom. The van der Waals surface area contributed by atoms with Gasteiger partial charge in [0.05, 0.1) is 11.0 Å². The van der Waals surface area contributed by atoms with E-state index in [4.69, 9.17) is 9.72 Å². The first-order valence-corrected chi connectivity index (χ1v) is 8.98. The predicted molar refractivity (Wildman–Crippen MR) is 94.9 cm³/mol. The molecule has 1 aliphatic heterocycles. The molecular weight excluding hydrogens is 302 g/mol. The van der Waals surface area contributed by atoms with Crippen LogP contribution in [0.4, 0.5) is 0 Å². The minimum Gasteiger partial charge on any atom is -0.368 e. The maximum Gasteiger partial charge on any atom is 0.249 e. The fourth-order valence-electron chi connectivity index (χ4n) is 3.15. The second kappa shape index (κ2) is 7.79. The van der Waals surface area contributed by atoms with Crippen molar-refractivity contribution in [3.63, 3.8) is 0 Å². The van der Waals surface area contributed by atoms with Crippen molar-refractivity contribution in [3.8, 4) is 0 Å². The number of carbonyl (C=O) groups excluding carboxylic acids is 1. The van der Waals surface area contributed by atoms with Gasteiger partial charge in [-0.1, -0.05) is 26.0 Å². The molecule has 0 aliphatic carbocycles. The largest absolute Gasteiger partial charge is 0.368 e. The Morgan fingerprint density at radius 1 is 1.42 bits per heavy atom. The van der Waals surface area contributed by atoms with Crippen LogP contribution in [-0.2, 0) is 22.5 Å². The Hall–Kier alpha value is -1.88. The molecule has 0 bridgehead atoms. The van der Waals surface area contributed by atoms with E-state index in [1.165, 1.54) is 5.52 Å². The number of imidazole rings is 1. The van der Waals surface area contributed by atoms with Crippen molar-refractivity contribution in [2.24, 2.45) is 5.92 Å². The third-order valence-electron chi connectivity index (χ3n) is 4.53. The van der Waals surface area contributed by atoms with E-state index >= 15 is 0 Å². The molecule has 0 spiro atoms. The van der Waals surface area contributed by atoms with Crippen molar-refractivity contribution >= 4 is 16.9 Å². The van der Waals surface area contributed by atoms with Crippen LogP contribution in [0.3, 0.4) is 0 Å². The summed E-state index contributed by atoms with van der Waals surface area (Å²) in [6.07, 6.45) is 3.41. The van der Waals surface area contributed by atoms with Crippen molar-refractivity contribution in [2.75, 3.05) is 13.2 Å². The number of nitrogens with zero attached hydrogens (tertiary/aromatic N) is 2. The Balaban J connectivity index is 1.66. The quantitative estimate of drug-likeness (QED) is 0.850. The molecule has 5 nitrogen and oxygen atoms in total. The molecule has 1 aromatic heterocycles. The molecule has 1 N–H and O–H groups in total. The van der Waals surface area contributed by atoms with Gasteiger partial charge in [0.2, 0.25) is 5.91 Å².